The van der Waals surface area contributed by atoms with E-state index in [1.165, 1.54) is 0 Å². The van der Waals surface area contributed by atoms with Crippen LogP contribution in [0.25, 0.3) is 10.8 Å². The van der Waals surface area contributed by atoms with Crippen LogP contribution in [0.2, 0.25) is 0 Å². The van der Waals surface area contributed by atoms with E-state index in [2.05, 4.69) is 22.0 Å². The highest BCUT2D eigenvalue weighted by Crippen LogP contribution is 2.55. The smallest absolute Gasteiger partial charge is 0.409 e. The molecular weight excluding hydrogens is 351 g/mol. The fourth-order valence-corrected chi connectivity index (χ4v) is 3.49. The molecular formula is C16H10BrO3P. The fourth-order valence-electron chi connectivity index (χ4n) is 2.18. The summed E-state index contributed by atoms with van der Waals surface area (Å²) < 4.78 is 18.4. The normalized spacial score (nSPS) is 16.1. The molecule has 3 aromatic rings. The topological polar surface area (TPSA) is 27.7 Å². The van der Waals surface area contributed by atoms with E-state index in [1.54, 1.807) is 0 Å². The van der Waals surface area contributed by atoms with E-state index in [1.807, 2.05) is 54.6 Å². The molecule has 3 aromatic carbocycles. The van der Waals surface area contributed by atoms with Crippen LogP contribution < -0.4 is 13.6 Å². The van der Waals surface area contributed by atoms with Crippen LogP contribution in [0.5, 0.6) is 17.2 Å². The summed E-state index contributed by atoms with van der Waals surface area (Å²) in [6.07, 6.45) is 0. The number of rotatable bonds is 2. The molecule has 0 aromatic heterocycles. The monoisotopic (exact) mass is 360 g/mol. The van der Waals surface area contributed by atoms with Gasteiger partial charge in [-0.2, -0.15) is 0 Å². The standard InChI is InChI=1S/C16H10BrO3P/c17-12-6-8-13(9-7-12)18-21-19-15-10-5-11-3-1-2-4-14(11)16(15)20-21/h1-10H. The van der Waals surface area contributed by atoms with Gasteiger partial charge in [0.15, 0.2) is 11.5 Å². The van der Waals surface area contributed by atoms with Crippen molar-refractivity contribution >= 4 is 35.3 Å². The summed E-state index contributed by atoms with van der Waals surface area (Å²) in [6.45, 7) is 0. The summed E-state index contributed by atoms with van der Waals surface area (Å²) in [5.74, 6) is 2.22. The molecule has 4 rings (SSSR count). The zero-order chi connectivity index (χ0) is 14.2. The Morgan fingerprint density at radius 3 is 2.52 bits per heavy atom. The van der Waals surface area contributed by atoms with Gasteiger partial charge in [-0.3, -0.25) is 0 Å². The van der Waals surface area contributed by atoms with Crippen molar-refractivity contribution in [2.24, 2.45) is 0 Å². The molecule has 21 heavy (non-hydrogen) atoms. The van der Waals surface area contributed by atoms with Crippen molar-refractivity contribution in [1.82, 2.24) is 0 Å². The van der Waals surface area contributed by atoms with Crippen LogP contribution >= 0.6 is 24.5 Å². The summed E-state index contributed by atoms with van der Waals surface area (Å²) in [5, 5.41) is 2.17. The molecule has 5 heteroatoms. The summed E-state index contributed by atoms with van der Waals surface area (Å²) in [7, 11) is -1.45. The molecule has 1 atom stereocenters. The lowest BCUT2D eigenvalue weighted by Gasteiger charge is -2.08. The second-order valence-electron chi connectivity index (χ2n) is 4.57. The summed E-state index contributed by atoms with van der Waals surface area (Å²) in [4.78, 5) is 0. The van der Waals surface area contributed by atoms with Gasteiger partial charge < -0.3 is 13.6 Å². The van der Waals surface area contributed by atoms with Gasteiger partial charge in [0.05, 0.1) is 0 Å². The van der Waals surface area contributed by atoms with Gasteiger partial charge in [0.25, 0.3) is 0 Å². The highest BCUT2D eigenvalue weighted by Gasteiger charge is 2.31. The molecule has 1 heterocycles. The van der Waals surface area contributed by atoms with E-state index in [0.717, 1.165) is 32.5 Å². The number of hydrogen-bond donors (Lipinski definition) is 0. The molecule has 104 valence electrons. The van der Waals surface area contributed by atoms with E-state index in [-0.39, 0.29) is 0 Å². The molecule has 0 spiro atoms. The maximum Gasteiger partial charge on any atom is 0.530 e. The van der Waals surface area contributed by atoms with E-state index in [9.17, 15) is 0 Å². The van der Waals surface area contributed by atoms with Crippen LogP contribution in [0.15, 0.2) is 65.1 Å². The Bertz CT molecular complexity index is 804. The SMILES string of the molecule is Brc1ccc(OP2Oc3ccc4ccccc4c3O2)cc1. The molecule has 3 nitrogen and oxygen atoms in total. The van der Waals surface area contributed by atoms with Crippen molar-refractivity contribution < 1.29 is 13.6 Å². The molecule has 0 fully saturated rings. The molecule has 1 aliphatic heterocycles. The van der Waals surface area contributed by atoms with E-state index in [4.69, 9.17) is 13.6 Å². The lowest BCUT2D eigenvalue weighted by molar-refractivity contribution is 0.436. The average molecular weight is 361 g/mol. The predicted molar refractivity (Wildman–Crippen MR) is 86.9 cm³/mol. The van der Waals surface area contributed by atoms with Crippen molar-refractivity contribution in [3.63, 3.8) is 0 Å². The van der Waals surface area contributed by atoms with Gasteiger partial charge in [0, 0.05) is 9.86 Å². The highest BCUT2D eigenvalue weighted by atomic mass is 79.9. The lowest BCUT2D eigenvalue weighted by Crippen LogP contribution is -1.94. The molecule has 0 radical (unpaired) electrons. The number of halogens is 1. The molecule has 0 saturated carbocycles. The van der Waals surface area contributed by atoms with Crippen molar-refractivity contribution in [2.75, 3.05) is 0 Å². The Labute approximate surface area is 131 Å². The molecule has 0 aliphatic carbocycles. The molecule has 0 saturated heterocycles. The summed E-state index contributed by atoms with van der Waals surface area (Å²) in [6, 6.07) is 19.6. The highest BCUT2D eigenvalue weighted by molar-refractivity contribution is 9.10. The first kappa shape index (κ1) is 12.9. The Balaban J connectivity index is 1.61. The van der Waals surface area contributed by atoms with Crippen LogP contribution in [-0.2, 0) is 0 Å². The molecule has 0 N–H and O–H groups in total. The largest absolute Gasteiger partial charge is 0.530 e. The molecule has 0 amide bonds. The maximum atomic E-state index is 5.86. The quantitative estimate of drug-likeness (QED) is 0.550. The van der Waals surface area contributed by atoms with Gasteiger partial charge >= 0.3 is 8.60 Å². The minimum Gasteiger partial charge on any atom is -0.409 e. The zero-order valence-electron chi connectivity index (χ0n) is 10.8. The van der Waals surface area contributed by atoms with Gasteiger partial charge in [-0.25, -0.2) is 0 Å². The Kier molecular flexibility index (Phi) is 3.21. The van der Waals surface area contributed by atoms with Crippen LogP contribution in [0.1, 0.15) is 0 Å². The number of hydrogen-bond acceptors (Lipinski definition) is 3. The van der Waals surface area contributed by atoms with Crippen LogP contribution in [0.3, 0.4) is 0 Å². The van der Waals surface area contributed by atoms with Gasteiger partial charge in [-0.05, 0) is 35.7 Å². The van der Waals surface area contributed by atoms with Crippen molar-refractivity contribution in [1.29, 1.82) is 0 Å². The minimum absolute atomic E-state index is 0.724. The second kappa shape index (κ2) is 5.21. The second-order valence-corrected chi connectivity index (χ2v) is 6.48. The van der Waals surface area contributed by atoms with Crippen molar-refractivity contribution in [3.05, 3.63) is 65.1 Å². The summed E-state index contributed by atoms with van der Waals surface area (Å²) >= 11 is 3.40. The minimum atomic E-state index is -1.45. The predicted octanol–water partition coefficient (Wildman–Crippen LogP) is 5.68. The Morgan fingerprint density at radius 1 is 0.857 bits per heavy atom. The number of fused-ring (bicyclic) bond motifs is 3. The summed E-state index contributed by atoms with van der Waals surface area (Å²) in [5.41, 5.74) is 0. The number of benzene rings is 3. The maximum absolute atomic E-state index is 5.86. The zero-order valence-corrected chi connectivity index (χ0v) is 13.3. The fraction of sp³-hybridized carbons (Fsp3) is 0. The van der Waals surface area contributed by atoms with E-state index >= 15 is 0 Å². The Morgan fingerprint density at radius 2 is 1.67 bits per heavy atom. The van der Waals surface area contributed by atoms with E-state index < -0.39 is 8.60 Å². The van der Waals surface area contributed by atoms with Gasteiger partial charge in [-0.15, -0.1) is 0 Å². The molecule has 1 unspecified atom stereocenters. The third kappa shape index (κ3) is 2.45. The van der Waals surface area contributed by atoms with Gasteiger partial charge in [-0.1, -0.05) is 46.3 Å². The molecule has 0 bridgehead atoms. The van der Waals surface area contributed by atoms with Crippen molar-refractivity contribution in [3.8, 4) is 17.2 Å². The van der Waals surface area contributed by atoms with E-state index in [0.29, 0.717) is 0 Å². The average Bonchev–Trinajstić information content (AvgIpc) is 2.92. The van der Waals surface area contributed by atoms with Crippen LogP contribution in [0, 0.1) is 0 Å². The van der Waals surface area contributed by atoms with Crippen LogP contribution in [-0.4, -0.2) is 0 Å². The van der Waals surface area contributed by atoms with Gasteiger partial charge in [0.2, 0.25) is 0 Å². The first-order valence-electron chi connectivity index (χ1n) is 6.41. The third-order valence-corrected chi connectivity index (χ3v) is 4.74. The first-order valence-corrected chi connectivity index (χ1v) is 8.30. The lowest BCUT2D eigenvalue weighted by atomic mass is 10.1. The van der Waals surface area contributed by atoms with Gasteiger partial charge in [0.1, 0.15) is 5.75 Å². The molecule has 1 aliphatic rings. The third-order valence-electron chi connectivity index (χ3n) is 3.18. The van der Waals surface area contributed by atoms with Crippen LogP contribution in [0.4, 0.5) is 0 Å². The first-order chi connectivity index (χ1) is 10.3. The van der Waals surface area contributed by atoms with Crippen molar-refractivity contribution in [2.45, 2.75) is 0 Å². The Hall–Kier alpha value is -1.77.